The topological polar surface area (TPSA) is 57.5 Å². The first-order valence-electron chi connectivity index (χ1n) is 6.22. The molecule has 0 heterocycles. The summed E-state index contributed by atoms with van der Waals surface area (Å²) in [5.41, 5.74) is 1.26. The van der Waals surface area contributed by atoms with Gasteiger partial charge in [-0.3, -0.25) is 4.79 Å². The van der Waals surface area contributed by atoms with Gasteiger partial charge in [0.2, 0.25) is 0 Å². The minimum atomic E-state index is -0.347. The van der Waals surface area contributed by atoms with E-state index in [0.717, 1.165) is 11.6 Å². The molecule has 2 aromatic rings. The molecule has 0 aliphatic rings. The largest absolute Gasteiger partial charge is 0.508 e. The van der Waals surface area contributed by atoms with Crippen LogP contribution in [-0.4, -0.2) is 16.0 Å². The highest BCUT2D eigenvalue weighted by Crippen LogP contribution is 2.17. The smallest absolute Gasteiger partial charge is 0.182 e. The average Bonchev–Trinajstić information content (AvgIpc) is 2.46. The Kier molecular flexibility index (Phi) is 4.80. The number of aliphatic hydroxyl groups excluding tert-OH is 1. The second-order valence-electron chi connectivity index (χ2n) is 4.37. The summed E-state index contributed by atoms with van der Waals surface area (Å²) in [6.45, 7) is 0. The first kappa shape index (κ1) is 14.9. The van der Waals surface area contributed by atoms with Crippen LogP contribution in [0.1, 0.15) is 11.1 Å². The fourth-order valence-corrected chi connectivity index (χ4v) is 1.87. The maximum Gasteiger partial charge on any atom is 0.182 e. The van der Waals surface area contributed by atoms with Gasteiger partial charge in [0.05, 0.1) is 0 Å². The molecule has 0 unspecified atom stereocenters. The molecule has 0 bridgehead atoms. The molecule has 2 aromatic carbocycles. The van der Waals surface area contributed by atoms with E-state index in [2.05, 4.69) is 0 Å². The Morgan fingerprint density at radius 1 is 1.10 bits per heavy atom. The monoisotopic (exact) mass is 300 g/mol. The van der Waals surface area contributed by atoms with Crippen molar-refractivity contribution in [2.75, 3.05) is 0 Å². The Bertz CT molecular complexity index is 700. The van der Waals surface area contributed by atoms with Crippen molar-refractivity contribution in [1.29, 1.82) is 0 Å². The number of phenolic OH excluding ortho intramolecular Hbond substituents is 1. The number of phenols is 1. The Morgan fingerprint density at radius 3 is 2.48 bits per heavy atom. The van der Waals surface area contributed by atoms with E-state index in [-0.39, 0.29) is 17.3 Å². The van der Waals surface area contributed by atoms with Crippen LogP contribution < -0.4 is 0 Å². The maximum atomic E-state index is 11.7. The van der Waals surface area contributed by atoms with E-state index in [0.29, 0.717) is 10.6 Å². The second kappa shape index (κ2) is 6.77. The lowest BCUT2D eigenvalue weighted by atomic mass is 10.1. The molecule has 106 valence electrons. The number of hydrogen-bond donors (Lipinski definition) is 2. The Balaban J connectivity index is 2.10. The third-order valence-electron chi connectivity index (χ3n) is 2.73. The number of benzene rings is 2. The molecule has 0 atom stereocenters. The predicted molar refractivity (Wildman–Crippen MR) is 84.2 cm³/mol. The molecule has 0 radical (unpaired) electrons. The lowest BCUT2D eigenvalue weighted by Gasteiger charge is -1.99. The number of allylic oxidation sites excluding steroid dienone is 2. The average molecular weight is 301 g/mol. The zero-order valence-electron chi connectivity index (χ0n) is 11.0. The van der Waals surface area contributed by atoms with Crippen LogP contribution >= 0.6 is 11.6 Å². The summed E-state index contributed by atoms with van der Waals surface area (Å²) < 4.78 is 0. The van der Waals surface area contributed by atoms with Gasteiger partial charge in [0.1, 0.15) is 11.5 Å². The number of aliphatic hydroxyl groups is 1. The van der Waals surface area contributed by atoms with Crippen molar-refractivity contribution in [3.05, 3.63) is 76.8 Å². The van der Waals surface area contributed by atoms with Gasteiger partial charge < -0.3 is 10.2 Å². The molecule has 0 fully saturated rings. The molecule has 0 saturated heterocycles. The molecule has 2 N–H and O–H groups in total. The van der Waals surface area contributed by atoms with Gasteiger partial charge in [-0.1, -0.05) is 41.9 Å². The highest BCUT2D eigenvalue weighted by molar-refractivity contribution is 6.30. The van der Waals surface area contributed by atoms with Crippen LogP contribution in [0.3, 0.4) is 0 Å². The molecule has 0 spiro atoms. The van der Waals surface area contributed by atoms with Gasteiger partial charge in [0.15, 0.2) is 5.78 Å². The van der Waals surface area contributed by atoms with Crippen molar-refractivity contribution < 1.29 is 15.0 Å². The summed E-state index contributed by atoms with van der Waals surface area (Å²) in [6, 6.07) is 13.0. The molecular formula is C17H13ClO3. The third-order valence-corrected chi connectivity index (χ3v) is 2.97. The Hall–Kier alpha value is -2.52. The summed E-state index contributed by atoms with van der Waals surface area (Å²) in [6.07, 6.45) is 4.07. The zero-order chi connectivity index (χ0) is 15.2. The van der Waals surface area contributed by atoms with E-state index in [1.165, 1.54) is 18.2 Å². The van der Waals surface area contributed by atoms with Gasteiger partial charge in [-0.25, -0.2) is 0 Å². The number of rotatable bonds is 4. The van der Waals surface area contributed by atoms with E-state index < -0.39 is 0 Å². The first-order chi connectivity index (χ1) is 10.0. The predicted octanol–water partition coefficient (Wildman–Crippen LogP) is 4.23. The minimum Gasteiger partial charge on any atom is -0.508 e. The standard InChI is InChI=1S/C17H13ClO3/c18-14-3-1-2-13(10-14)17(21)11-16(20)9-6-12-4-7-15(19)8-5-12/h1-11,19,21H/b9-6+,17-11-. The fourth-order valence-electron chi connectivity index (χ4n) is 1.68. The van der Waals surface area contributed by atoms with Crippen molar-refractivity contribution in [3.8, 4) is 5.75 Å². The third kappa shape index (κ3) is 4.51. The van der Waals surface area contributed by atoms with E-state index in [9.17, 15) is 9.90 Å². The molecule has 0 saturated carbocycles. The lowest BCUT2D eigenvalue weighted by molar-refractivity contribution is -0.110. The highest BCUT2D eigenvalue weighted by Gasteiger charge is 2.02. The lowest BCUT2D eigenvalue weighted by Crippen LogP contribution is -1.90. The Labute approximate surface area is 127 Å². The number of carbonyl (C=O) groups is 1. The van der Waals surface area contributed by atoms with E-state index in [1.54, 1.807) is 42.5 Å². The van der Waals surface area contributed by atoms with Crippen LogP contribution in [0.15, 0.2) is 60.7 Å². The number of aromatic hydroxyl groups is 1. The van der Waals surface area contributed by atoms with Crippen molar-refractivity contribution in [3.63, 3.8) is 0 Å². The second-order valence-corrected chi connectivity index (χ2v) is 4.80. The number of halogens is 1. The molecule has 3 nitrogen and oxygen atoms in total. The van der Waals surface area contributed by atoms with Crippen LogP contribution in [-0.2, 0) is 4.79 Å². The molecule has 2 rings (SSSR count). The SMILES string of the molecule is O=C(/C=C(\O)c1cccc(Cl)c1)/C=C/c1ccc(O)cc1. The number of carbonyl (C=O) groups excluding carboxylic acids is 1. The minimum absolute atomic E-state index is 0.141. The summed E-state index contributed by atoms with van der Waals surface area (Å²) in [7, 11) is 0. The van der Waals surface area contributed by atoms with Crippen LogP contribution in [0.5, 0.6) is 5.75 Å². The molecular weight excluding hydrogens is 288 g/mol. The van der Waals surface area contributed by atoms with Crippen LogP contribution in [0.2, 0.25) is 5.02 Å². The maximum absolute atomic E-state index is 11.7. The number of ketones is 1. The van der Waals surface area contributed by atoms with Gasteiger partial charge in [0, 0.05) is 16.7 Å². The molecule has 21 heavy (non-hydrogen) atoms. The first-order valence-corrected chi connectivity index (χ1v) is 6.60. The quantitative estimate of drug-likeness (QED) is 0.656. The van der Waals surface area contributed by atoms with Gasteiger partial charge in [-0.2, -0.15) is 0 Å². The van der Waals surface area contributed by atoms with E-state index >= 15 is 0 Å². The van der Waals surface area contributed by atoms with Crippen molar-refractivity contribution >= 4 is 29.2 Å². The van der Waals surface area contributed by atoms with E-state index in [4.69, 9.17) is 16.7 Å². The summed E-state index contributed by atoms with van der Waals surface area (Å²) >= 11 is 5.82. The van der Waals surface area contributed by atoms with Crippen LogP contribution in [0.25, 0.3) is 11.8 Å². The van der Waals surface area contributed by atoms with Crippen molar-refractivity contribution in [1.82, 2.24) is 0 Å². The molecule has 4 heteroatoms. The van der Waals surface area contributed by atoms with Crippen molar-refractivity contribution in [2.24, 2.45) is 0 Å². The summed E-state index contributed by atoms with van der Waals surface area (Å²) in [5.74, 6) is -0.324. The molecule has 0 aliphatic carbocycles. The summed E-state index contributed by atoms with van der Waals surface area (Å²) in [4.78, 5) is 11.7. The van der Waals surface area contributed by atoms with Gasteiger partial charge in [-0.15, -0.1) is 0 Å². The molecule has 0 aliphatic heterocycles. The van der Waals surface area contributed by atoms with Crippen LogP contribution in [0, 0.1) is 0 Å². The normalized spacial score (nSPS) is 11.8. The van der Waals surface area contributed by atoms with Gasteiger partial charge >= 0.3 is 0 Å². The molecule has 0 aromatic heterocycles. The van der Waals surface area contributed by atoms with Crippen molar-refractivity contribution in [2.45, 2.75) is 0 Å². The Morgan fingerprint density at radius 2 is 1.81 bits per heavy atom. The van der Waals surface area contributed by atoms with Crippen LogP contribution in [0.4, 0.5) is 0 Å². The highest BCUT2D eigenvalue weighted by atomic mass is 35.5. The summed E-state index contributed by atoms with van der Waals surface area (Å²) in [5, 5.41) is 19.5. The number of hydrogen-bond acceptors (Lipinski definition) is 3. The zero-order valence-corrected chi connectivity index (χ0v) is 11.8. The molecule has 0 amide bonds. The van der Waals surface area contributed by atoms with Gasteiger partial charge in [0.25, 0.3) is 0 Å². The van der Waals surface area contributed by atoms with E-state index in [1.807, 2.05) is 0 Å². The van der Waals surface area contributed by atoms with Gasteiger partial charge in [-0.05, 0) is 35.9 Å². The fraction of sp³-hybridized carbons (Fsp3) is 0.